The molecule has 5 rings (SSSR count). The minimum Gasteiger partial charge on any atom is -0.489 e. The van der Waals surface area contributed by atoms with Crippen LogP contribution < -0.4 is 4.74 Å². The largest absolute Gasteiger partial charge is 0.489 e. The lowest BCUT2D eigenvalue weighted by molar-refractivity contribution is 0.0763. The first kappa shape index (κ1) is 17.5. The molecule has 0 bridgehead atoms. The summed E-state index contributed by atoms with van der Waals surface area (Å²) in [5.74, 6) is 0.959. The van der Waals surface area contributed by atoms with Crippen LogP contribution >= 0.6 is 0 Å². The highest BCUT2D eigenvalue weighted by molar-refractivity contribution is 5.82. The molecule has 4 aromatic rings. The van der Waals surface area contributed by atoms with Gasteiger partial charge in [0.15, 0.2) is 6.10 Å². The Kier molecular flexibility index (Phi) is 4.71. The van der Waals surface area contributed by atoms with Gasteiger partial charge in [0, 0.05) is 0 Å². The van der Waals surface area contributed by atoms with Gasteiger partial charge >= 0.3 is 0 Å². The fourth-order valence-electron chi connectivity index (χ4n) is 3.76. The maximum absolute atomic E-state index is 6.01. The number of hydrogen-bond donors (Lipinski definition) is 0. The number of rotatable bonds is 5. The highest BCUT2D eigenvalue weighted by Gasteiger charge is 2.29. The van der Waals surface area contributed by atoms with Crippen molar-refractivity contribution in [3.8, 4) is 5.75 Å². The molecule has 0 radical (unpaired) electrons. The van der Waals surface area contributed by atoms with Gasteiger partial charge in [0.25, 0.3) is 0 Å². The van der Waals surface area contributed by atoms with E-state index in [1.54, 1.807) is 0 Å². The van der Waals surface area contributed by atoms with Gasteiger partial charge in [-0.2, -0.15) is 0 Å². The van der Waals surface area contributed by atoms with Crippen molar-refractivity contribution < 1.29 is 9.57 Å². The summed E-state index contributed by atoms with van der Waals surface area (Å²) in [7, 11) is 0. The third kappa shape index (κ3) is 3.72. The van der Waals surface area contributed by atoms with Crippen molar-refractivity contribution in [3.63, 3.8) is 0 Å². The second-order valence-corrected chi connectivity index (χ2v) is 7.26. The standard InChI is InChI=1S/C26H21NO2/c1-2-7-22(8-3-1)26-25(17-27-29-26)21-12-14-24(15-13-21)28-18-19-10-11-20-6-4-5-9-23(20)16-19/h1-17,25-26H,18H2. The van der Waals surface area contributed by atoms with Gasteiger partial charge in [-0.05, 0) is 45.7 Å². The van der Waals surface area contributed by atoms with Crippen LogP contribution in [0.5, 0.6) is 5.75 Å². The van der Waals surface area contributed by atoms with E-state index in [9.17, 15) is 0 Å². The summed E-state index contributed by atoms with van der Waals surface area (Å²) in [6, 6.07) is 33.2. The number of fused-ring (bicyclic) bond motifs is 1. The lowest BCUT2D eigenvalue weighted by atomic mass is 9.90. The molecule has 0 saturated heterocycles. The molecule has 2 unspecified atom stereocenters. The second kappa shape index (κ2) is 7.80. The molecule has 1 aliphatic rings. The van der Waals surface area contributed by atoms with Crippen LogP contribution in [0.2, 0.25) is 0 Å². The Morgan fingerprint density at radius 2 is 1.48 bits per heavy atom. The average molecular weight is 379 g/mol. The summed E-state index contributed by atoms with van der Waals surface area (Å²) in [5.41, 5.74) is 3.46. The van der Waals surface area contributed by atoms with Gasteiger partial charge in [-0.15, -0.1) is 0 Å². The third-order valence-electron chi connectivity index (χ3n) is 5.33. The summed E-state index contributed by atoms with van der Waals surface area (Å²) < 4.78 is 6.01. The molecule has 1 heterocycles. The van der Waals surface area contributed by atoms with Gasteiger partial charge in [0.1, 0.15) is 12.4 Å². The lowest BCUT2D eigenvalue weighted by Crippen LogP contribution is -2.08. The van der Waals surface area contributed by atoms with E-state index in [0.29, 0.717) is 6.61 Å². The maximum Gasteiger partial charge on any atom is 0.164 e. The van der Waals surface area contributed by atoms with E-state index in [1.807, 2.05) is 36.5 Å². The summed E-state index contributed by atoms with van der Waals surface area (Å²) in [4.78, 5) is 5.61. The van der Waals surface area contributed by atoms with Crippen LogP contribution in [0.1, 0.15) is 28.7 Å². The second-order valence-electron chi connectivity index (χ2n) is 7.26. The molecule has 0 saturated carbocycles. The Labute approximate surface area is 170 Å². The smallest absolute Gasteiger partial charge is 0.164 e. The molecule has 3 nitrogen and oxygen atoms in total. The van der Waals surface area contributed by atoms with Gasteiger partial charge < -0.3 is 9.57 Å². The molecule has 0 spiro atoms. The minimum absolute atomic E-state index is 0.0828. The third-order valence-corrected chi connectivity index (χ3v) is 5.33. The molecule has 0 aromatic heterocycles. The van der Waals surface area contributed by atoms with Gasteiger partial charge in [-0.25, -0.2) is 0 Å². The lowest BCUT2D eigenvalue weighted by Gasteiger charge is -2.17. The first-order chi connectivity index (χ1) is 14.4. The quantitative estimate of drug-likeness (QED) is 0.410. The fraction of sp³-hybridized carbons (Fsp3) is 0.115. The molecule has 0 fully saturated rings. The molecule has 4 aromatic carbocycles. The first-order valence-electron chi connectivity index (χ1n) is 9.81. The molecule has 3 heteroatoms. The topological polar surface area (TPSA) is 30.8 Å². The van der Waals surface area contributed by atoms with E-state index in [-0.39, 0.29) is 12.0 Å². The van der Waals surface area contributed by atoms with Crippen LogP contribution in [0.3, 0.4) is 0 Å². The predicted molar refractivity (Wildman–Crippen MR) is 116 cm³/mol. The van der Waals surface area contributed by atoms with E-state index in [0.717, 1.165) is 22.4 Å². The summed E-state index contributed by atoms with van der Waals surface area (Å²) in [6.45, 7) is 0.546. The Hall–Kier alpha value is -3.59. The molecular weight excluding hydrogens is 358 g/mol. The normalized spacial score (nSPS) is 17.9. The number of nitrogens with zero attached hydrogens (tertiary/aromatic N) is 1. The van der Waals surface area contributed by atoms with Crippen molar-refractivity contribution in [2.75, 3.05) is 0 Å². The average Bonchev–Trinajstić information content (AvgIpc) is 3.28. The van der Waals surface area contributed by atoms with Gasteiger partial charge in [0.05, 0.1) is 12.1 Å². The van der Waals surface area contributed by atoms with Crippen LogP contribution in [0.25, 0.3) is 10.8 Å². The first-order valence-corrected chi connectivity index (χ1v) is 9.81. The molecule has 2 atom stereocenters. The Bertz CT molecular complexity index is 1140. The van der Waals surface area contributed by atoms with Crippen LogP contribution in [0, 0.1) is 0 Å². The zero-order valence-corrected chi connectivity index (χ0v) is 15.9. The maximum atomic E-state index is 6.01. The Morgan fingerprint density at radius 1 is 0.724 bits per heavy atom. The van der Waals surface area contributed by atoms with Crippen molar-refractivity contribution in [3.05, 3.63) is 114 Å². The zero-order valence-electron chi connectivity index (χ0n) is 15.9. The number of hydrogen-bond acceptors (Lipinski definition) is 3. The van der Waals surface area contributed by atoms with Crippen LogP contribution in [0.15, 0.2) is 102 Å². The number of ether oxygens (including phenoxy) is 1. The van der Waals surface area contributed by atoms with E-state index in [1.165, 1.54) is 10.8 Å². The van der Waals surface area contributed by atoms with Crippen LogP contribution in [-0.4, -0.2) is 6.21 Å². The van der Waals surface area contributed by atoms with Crippen molar-refractivity contribution in [2.45, 2.75) is 18.6 Å². The Morgan fingerprint density at radius 3 is 2.31 bits per heavy atom. The predicted octanol–water partition coefficient (Wildman–Crippen LogP) is 6.26. The zero-order chi connectivity index (χ0) is 19.5. The van der Waals surface area contributed by atoms with E-state index in [4.69, 9.17) is 9.57 Å². The molecular formula is C26H21NO2. The number of oxime groups is 1. The van der Waals surface area contributed by atoms with Gasteiger partial charge in [-0.3, -0.25) is 0 Å². The highest BCUT2D eigenvalue weighted by atomic mass is 16.6. The van der Waals surface area contributed by atoms with E-state index < -0.39 is 0 Å². The van der Waals surface area contributed by atoms with Crippen molar-refractivity contribution in [2.24, 2.45) is 5.16 Å². The Balaban J connectivity index is 1.28. The van der Waals surface area contributed by atoms with Gasteiger partial charge in [-0.1, -0.05) is 84.0 Å². The molecule has 0 amide bonds. The number of benzene rings is 4. The summed E-state index contributed by atoms with van der Waals surface area (Å²) in [6.07, 6.45) is 1.79. The summed E-state index contributed by atoms with van der Waals surface area (Å²) >= 11 is 0. The molecule has 0 aliphatic carbocycles. The SMILES string of the molecule is C1=NOC(c2ccccc2)C1c1ccc(OCc2ccc3ccccc3c2)cc1. The molecule has 1 aliphatic heterocycles. The molecule has 142 valence electrons. The fourth-order valence-corrected chi connectivity index (χ4v) is 3.76. The van der Waals surface area contributed by atoms with Gasteiger partial charge in [0.2, 0.25) is 0 Å². The molecule has 29 heavy (non-hydrogen) atoms. The van der Waals surface area contributed by atoms with Crippen molar-refractivity contribution in [1.82, 2.24) is 0 Å². The van der Waals surface area contributed by atoms with E-state index in [2.05, 4.69) is 71.9 Å². The minimum atomic E-state index is -0.0828. The van der Waals surface area contributed by atoms with Crippen LogP contribution in [0.4, 0.5) is 0 Å². The van der Waals surface area contributed by atoms with Crippen molar-refractivity contribution in [1.29, 1.82) is 0 Å². The monoisotopic (exact) mass is 379 g/mol. The highest BCUT2D eigenvalue weighted by Crippen LogP contribution is 2.37. The van der Waals surface area contributed by atoms with Crippen LogP contribution in [-0.2, 0) is 11.4 Å². The van der Waals surface area contributed by atoms with Crippen molar-refractivity contribution >= 4 is 17.0 Å². The molecule has 0 N–H and O–H groups in total. The van der Waals surface area contributed by atoms with E-state index >= 15 is 0 Å². The summed E-state index contributed by atoms with van der Waals surface area (Å²) in [5, 5.41) is 6.54.